The number of hydrogen-bond donors (Lipinski definition) is 1. The fraction of sp³-hybridized carbons (Fsp3) is 0.348. The number of hydrogen-bond acceptors (Lipinski definition) is 5. The molecule has 1 fully saturated rings. The average Bonchev–Trinajstić information content (AvgIpc) is 3.27. The molecule has 2 aliphatic rings. The van der Waals surface area contributed by atoms with Gasteiger partial charge >= 0.3 is 6.03 Å². The van der Waals surface area contributed by atoms with Gasteiger partial charge in [0.25, 0.3) is 5.91 Å². The van der Waals surface area contributed by atoms with Gasteiger partial charge in [-0.15, -0.1) is 0 Å². The summed E-state index contributed by atoms with van der Waals surface area (Å²) in [4.78, 5) is 39.8. The standard InChI is InChI=1S/C23H24N2O5/c1-12-8-17(15(4)14(3)13(12)2)18(26)10-25-21(27)23(5,24-22(25)28)16-6-7-19-20(9-16)30-11-29-19/h6-9H,10-11H2,1-5H3,(H,24,28)/t23-/m0/s1. The molecule has 2 aliphatic heterocycles. The maximum atomic E-state index is 13.2. The van der Waals surface area contributed by atoms with Crippen molar-refractivity contribution < 1.29 is 23.9 Å². The van der Waals surface area contributed by atoms with E-state index in [1.165, 1.54) is 0 Å². The number of carbonyl (C=O) groups excluding carboxylic acids is 3. The summed E-state index contributed by atoms with van der Waals surface area (Å²) in [6.45, 7) is 9.25. The van der Waals surface area contributed by atoms with Crippen LogP contribution in [0.1, 0.15) is 45.1 Å². The van der Waals surface area contributed by atoms with Gasteiger partial charge in [-0.2, -0.15) is 0 Å². The van der Waals surface area contributed by atoms with E-state index in [-0.39, 0.29) is 19.1 Å². The van der Waals surface area contributed by atoms with Crippen molar-refractivity contribution >= 4 is 17.7 Å². The van der Waals surface area contributed by atoms with Gasteiger partial charge in [0.1, 0.15) is 5.54 Å². The lowest BCUT2D eigenvalue weighted by Crippen LogP contribution is -2.41. The number of Topliss-reactive ketones (excluding diaryl/α,β-unsaturated/α-hetero) is 1. The molecule has 2 aromatic rings. The zero-order valence-electron chi connectivity index (χ0n) is 17.7. The lowest BCUT2D eigenvalue weighted by molar-refractivity contribution is -0.130. The number of fused-ring (bicyclic) bond motifs is 1. The number of benzene rings is 2. The Kier molecular flexibility index (Phi) is 4.56. The number of rotatable bonds is 4. The average molecular weight is 408 g/mol. The molecule has 7 nitrogen and oxygen atoms in total. The van der Waals surface area contributed by atoms with Crippen LogP contribution >= 0.6 is 0 Å². The SMILES string of the molecule is Cc1cc(C(=O)CN2C(=O)N[C@@](C)(c3ccc4c(c3)OCO4)C2=O)c(C)c(C)c1C. The molecular weight excluding hydrogens is 384 g/mol. The summed E-state index contributed by atoms with van der Waals surface area (Å²) < 4.78 is 10.7. The Morgan fingerprint density at radius 2 is 1.73 bits per heavy atom. The van der Waals surface area contributed by atoms with Crippen LogP contribution < -0.4 is 14.8 Å². The van der Waals surface area contributed by atoms with Crippen LogP contribution in [0.15, 0.2) is 24.3 Å². The number of urea groups is 1. The van der Waals surface area contributed by atoms with E-state index in [1.807, 2.05) is 33.8 Å². The number of nitrogens with one attached hydrogen (secondary N) is 1. The fourth-order valence-corrected chi connectivity index (χ4v) is 3.97. The first-order chi connectivity index (χ1) is 14.1. The molecule has 0 spiro atoms. The third-order valence-electron chi connectivity index (χ3n) is 6.31. The highest BCUT2D eigenvalue weighted by atomic mass is 16.7. The molecule has 0 saturated carbocycles. The van der Waals surface area contributed by atoms with Crippen LogP contribution in [0.5, 0.6) is 11.5 Å². The van der Waals surface area contributed by atoms with Crippen molar-refractivity contribution in [2.45, 2.75) is 40.2 Å². The summed E-state index contributed by atoms with van der Waals surface area (Å²) >= 11 is 0. The Hall–Kier alpha value is -3.35. The number of carbonyl (C=O) groups is 3. The molecule has 156 valence electrons. The third-order valence-corrected chi connectivity index (χ3v) is 6.31. The van der Waals surface area contributed by atoms with Gasteiger partial charge in [0.15, 0.2) is 17.3 Å². The second kappa shape index (κ2) is 6.86. The van der Waals surface area contributed by atoms with Crippen LogP contribution in [0, 0.1) is 27.7 Å². The Morgan fingerprint density at radius 3 is 2.47 bits per heavy atom. The molecule has 1 N–H and O–H groups in total. The summed E-state index contributed by atoms with van der Waals surface area (Å²) in [5.41, 5.74) is 3.87. The Morgan fingerprint density at radius 1 is 1.03 bits per heavy atom. The zero-order valence-corrected chi connectivity index (χ0v) is 17.7. The quantitative estimate of drug-likeness (QED) is 0.620. The molecular formula is C23H24N2O5. The normalized spacial score (nSPS) is 20.0. The van der Waals surface area contributed by atoms with Gasteiger partial charge in [0, 0.05) is 5.56 Å². The van der Waals surface area contributed by atoms with E-state index < -0.39 is 17.5 Å². The molecule has 0 radical (unpaired) electrons. The van der Waals surface area contributed by atoms with Crippen LogP contribution in [0.4, 0.5) is 4.79 Å². The molecule has 0 bridgehead atoms. The van der Waals surface area contributed by atoms with E-state index in [4.69, 9.17) is 9.47 Å². The van der Waals surface area contributed by atoms with Gasteiger partial charge in [-0.1, -0.05) is 6.07 Å². The van der Waals surface area contributed by atoms with E-state index in [1.54, 1.807) is 25.1 Å². The number of ether oxygens (including phenoxy) is 2. The monoisotopic (exact) mass is 408 g/mol. The number of amides is 3. The summed E-state index contributed by atoms with van der Waals surface area (Å²) in [6.07, 6.45) is 0. The number of ketones is 1. The number of nitrogens with zero attached hydrogens (tertiary/aromatic N) is 1. The van der Waals surface area contributed by atoms with Gasteiger partial charge in [-0.25, -0.2) is 4.79 Å². The fourth-order valence-electron chi connectivity index (χ4n) is 3.97. The van der Waals surface area contributed by atoms with Gasteiger partial charge in [-0.3, -0.25) is 14.5 Å². The second-order valence-electron chi connectivity index (χ2n) is 8.05. The highest BCUT2D eigenvalue weighted by molar-refractivity contribution is 6.11. The maximum absolute atomic E-state index is 13.2. The minimum atomic E-state index is -1.29. The predicted octanol–water partition coefficient (Wildman–Crippen LogP) is 3.30. The molecule has 2 heterocycles. The van der Waals surface area contributed by atoms with Gasteiger partial charge in [-0.05, 0) is 80.6 Å². The molecule has 2 aromatic carbocycles. The highest BCUT2D eigenvalue weighted by Crippen LogP contribution is 2.38. The Balaban J connectivity index is 1.62. The van der Waals surface area contributed by atoms with Crippen molar-refractivity contribution in [3.63, 3.8) is 0 Å². The molecule has 0 aliphatic carbocycles. The smallest absolute Gasteiger partial charge is 0.325 e. The highest BCUT2D eigenvalue weighted by Gasteiger charge is 2.50. The molecule has 1 saturated heterocycles. The van der Waals surface area contributed by atoms with Crippen LogP contribution in [-0.4, -0.2) is 36.0 Å². The summed E-state index contributed by atoms with van der Waals surface area (Å²) in [5, 5.41) is 2.73. The van der Waals surface area contributed by atoms with E-state index in [9.17, 15) is 14.4 Å². The Labute approximate surface area is 175 Å². The van der Waals surface area contributed by atoms with Gasteiger partial charge in [0.2, 0.25) is 6.79 Å². The molecule has 0 unspecified atom stereocenters. The number of aryl methyl sites for hydroxylation is 1. The first kappa shape index (κ1) is 19.9. The first-order valence-electron chi connectivity index (χ1n) is 9.78. The predicted molar refractivity (Wildman–Crippen MR) is 110 cm³/mol. The third kappa shape index (κ3) is 2.93. The van der Waals surface area contributed by atoms with Crippen molar-refractivity contribution in [2.75, 3.05) is 13.3 Å². The second-order valence-corrected chi connectivity index (χ2v) is 8.05. The minimum absolute atomic E-state index is 0.116. The lowest BCUT2D eigenvalue weighted by Gasteiger charge is -2.22. The first-order valence-corrected chi connectivity index (χ1v) is 9.78. The van der Waals surface area contributed by atoms with Crippen LogP contribution in [-0.2, 0) is 10.3 Å². The van der Waals surface area contributed by atoms with Crippen molar-refractivity contribution in [1.82, 2.24) is 10.2 Å². The molecule has 4 rings (SSSR count). The zero-order chi connectivity index (χ0) is 21.8. The topological polar surface area (TPSA) is 84.9 Å². The molecule has 3 amide bonds. The van der Waals surface area contributed by atoms with Crippen LogP contribution in [0.25, 0.3) is 0 Å². The van der Waals surface area contributed by atoms with Gasteiger partial charge in [0.05, 0.1) is 6.54 Å². The van der Waals surface area contributed by atoms with Crippen molar-refractivity contribution in [3.05, 3.63) is 57.6 Å². The summed E-state index contributed by atoms with van der Waals surface area (Å²) in [6, 6.07) is 6.34. The van der Waals surface area contributed by atoms with Crippen LogP contribution in [0.2, 0.25) is 0 Å². The minimum Gasteiger partial charge on any atom is -0.454 e. The molecule has 30 heavy (non-hydrogen) atoms. The summed E-state index contributed by atoms with van der Waals surface area (Å²) in [5.74, 6) is 0.369. The van der Waals surface area contributed by atoms with E-state index in [0.717, 1.165) is 27.2 Å². The number of imide groups is 1. The van der Waals surface area contributed by atoms with Crippen LogP contribution in [0.3, 0.4) is 0 Å². The maximum Gasteiger partial charge on any atom is 0.325 e. The van der Waals surface area contributed by atoms with E-state index >= 15 is 0 Å². The summed E-state index contributed by atoms with van der Waals surface area (Å²) in [7, 11) is 0. The lowest BCUT2D eigenvalue weighted by atomic mass is 9.91. The van der Waals surface area contributed by atoms with Crippen molar-refractivity contribution in [2.24, 2.45) is 0 Å². The van der Waals surface area contributed by atoms with Gasteiger partial charge < -0.3 is 14.8 Å². The largest absolute Gasteiger partial charge is 0.454 e. The van der Waals surface area contributed by atoms with E-state index in [0.29, 0.717) is 22.6 Å². The molecule has 1 atom stereocenters. The molecule has 7 heteroatoms. The Bertz CT molecular complexity index is 1110. The van der Waals surface area contributed by atoms with E-state index in [2.05, 4.69) is 5.32 Å². The van der Waals surface area contributed by atoms with Crippen molar-refractivity contribution in [3.8, 4) is 11.5 Å². The molecule has 0 aromatic heterocycles. The van der Waals surface area contributed by atoms with Crippen molar-refractivity contribution in [1.29, 1.82) is 0 Å².